The molecule has 0 bridgehead atoms. The molecule has 4 nitrogen and oxygen atoms in total. The largest absolute Gasteiger partial charge is 0.364 e. The normalized spacial score (nSPS) is 11.3. The molecule has 0 fully saturated rings. The van der Waals surface area contributed by atoms with E-state index in [9.17, 15) is 0 Å². The summed E-state index contributed by atoms with van der Waals surface area (Å²) in [5.74, 6) is 6.22. The monoisotopic (exact) mass is 248 g/mol. The Kier molecular flexibility index (Phi) is 3.65. The zero-order chi connectivity index (χ0) is 11.6. The van der Waals surface area contributed by atoms with Crippen LogP contribution < -0.4 is 16.6 Å². The molecule has 0 saturated carbocycles. The molecule has 0 spiro atoms. The van der Waals surface area contributed by atoms with Crippen LogP contribution in [0.2, 0.25) is 10.0 Å². The van der Waals surface area contributed by atoms with E-state index < -0.39 is 0 Å². The average molecular weight is 249 g/mol. The van der Waals surface area contributed by atoms with Gasteiger partial charge in [0, 0.05) is 5.54 Å². The van der Waals surface area contributed by atoms with Crippen molar-refractivity contribution in [1.29, 1.82) is 0 Å². The summed E-state index contributed by atoms with van der Waals surface area (Å²) in [6.45, 7) is 6.03. The van der Waals surface area contributed by atoms with Crippen molar-refractivity contribution in [3.8, 4) is 0 Å². The van der Waals surface area contributed by atoms with E-state index in [1.165, 1.54) is 0 Å². The van der Waals surface area contributed by atoms with Gasteiger partial charge in [-0.15, -0.1) is 0 Å². The number of hydrogen-bond acceptors (Lipinski definition) is 4. The Balaban J connectivity index is 3.08. The maximum Gasteiger partial charge on any atom is 0.161 e. The number of anilines is 2. The van der Waals surface area contributed by atoms with E-state index in [0.29, 0.717) is 21.7 Å². The summed E-state index contributed by atoms with van der Waals surface area (Å²) < 4.78 is 0. The molecule has 0 aliphatic carbocycles. The molecule has 0 atom stereocenters. The van der Waals surface area contributed by atoms with Crippen molar-refractivity contribution in [2.75, 3.05) is 10.7 Å². The van der Waals surface area contributed by atoms with Crippen molar-refractivity contribution in [2.24, 2.45) is 5.84 Å². The molecule has 1 aromatic rings. The molecule has 0 unspecified atom stereocenters. The first-order chi connectivity index (χ1) is 6.83. The van der Waals surface area contributed by atoms with Crippen molar-refractivity contribution in [3.63, 3.8) is 0 Å². The highest BCUT2D eigenvalue weighted by atomic mass is 35.5. The zero-order valence-electron chi connectivity index (χ0n) is 8.86. The maximum atomic E-state index is 5.99. The molecule has 6 heteroatoms. The second-order valence-electron chi connectivity index (χ2n) is 4.17. The van der Waals surface area contributed by atoms with E-state index in [2.05, 4.69) is 15.7 Å². The van der Waals surface area contributed by atoms with Gasteiger partial charge in [0.2, 0.25) is 0 Å². The van der Waals surface area contributed by atoms with Gasteiger partial charge in [0.05, 0.1) is 10.0 Å². The SMILES string of the molecule is CC(C)(C)Nc1nc(NN)c(Cl)cc1Cl. The molecule has 0 aliphatic rings. The van der Waals surface area contributed by atoms with Crippen LogP contribution in [0.3, 0.4) is 0 Å². The molecule has 4 N–H and O–H groups in total. The Morgan fingerprint density at radius 3 is 2.20 bits per heavy atom. The number of aromatic nitrogens is 1. The van der Waals surface area contributed by atoms with Crippen molar-refractivity contribution in [2.45, 2.75) is 26.3 Å². The summed E-state index contributed by atoms with van der Waals surface area (Å²) in [7, 11) is 0. The van der Waals surface area contributed by atoms with Crippen LogP contribution in [0.25, 0.3) is 0 Å². The van der Waals surface area contributed by atoms with Crippen LogP contribution in [-0.4, -0.2) is 10.5 Å². The predicted molar refractivity (Wildman–Crippen MR) is 65.4 cm³/mol. The van der Waals surface area contributed by atoms with Gasteiger partial charge in [0.15, 0.2) is 5.82 Å². The number of nitrogens with zero attached hydrogens (tertiary/aromatic N) is 1. The minimum absolute atomic E-state index is 0.129. The lowest BCUT2D eigenvalue weighted by atomic mass is 10.1. The topological polar surface area (TPSA) is 63.0 Å². The molecule has 0 radical (unpaired) electrons. The number of nitrogen functional groups attached to an aromatic ring is 1. The van der Waals surface area contributed by atoms with Gasteiger partial charge in [0.1, 0.15) is 5.82 Å². The molecule has 0 amide bonds. The maximum absolute atomic E-state index is 5.99. The second-order valence-corrected chi connectivity index (χ2v) is 4.98. The second kappa shape index (κ2) is 4.43. The van der Waals surface area contributed by atoms with Crippen molar-refractivity contribution >= 4 is 34.8 Å². The fourth-order valence-electron chi connectivity index (χ4n) is 1.01. The first-order valence-electron chi connectivity index (χ1n) is 4.44. The molecule has 1 aromatic heterocycles. The van der Waals surface area contributed by atoms with Crippen LogP contribution in [0.4, 0.5) is 11.6 Å². The minimum atomic E-state index is -0.129. The highest BCUT2D eigenvalue weighted by molar-refractivity contribution is 6.37. The Bertz CT molecular complexity index is 360. The van der Waals surface area contributed by atoms with Gasteiger partial charge in [-0.2, -0.15) is 0 Å². The third-order valence-electron chi connectivity index (χ3n) is 1.56. The number of hydrogen-bond donors (Lipinski definition) is 3. The lowest BCUT2D eigenvalue weighted by Gasteiger charge is -2.22. The standard InChI is InChI=1S/C9H14Cl2N4/c1-9(2,3)14-7-5(10)4-6(11)8(13-7)15-12/h4H,12H2,1-3H3,(H2,13,14,15). The molecule has 0 aliphatic heterocycles. The van der Waals surface area contributed by atoms with Gasteiger partial charge in [0.25, 0.3) is 0 Å². The lowest BCUT2D eigenvalue weighted by Crippen LogP contribution is -2.27. The molecule has 1 rings (SSSR count). The van der Waals surface area contributed by atoms with E-state index >= 15 is 0 Å². The molecule has 1 heterocycles. The fraction of sp³-hybridized carbons (Fsp3) is 0.444. The lowest BCUT2D eigenvalue weighted by molar-refractivity contribution is 0.630. The number of pyridine rings is 1. The number of nitrogens with two attached hydrogens (primary N) is 1. The summed E-state index contributed by atoms with van der Waals surface area (Å²) in [6.07, 6.45) is 0. The number of hydrazine groups is 1. The summed E-state index contributed by atoms with van der Waals surface area (Å²) in [5.41, 5.74) is 2.28. The van der Waals surface area contributed by atoms with Gasteiger partial charge in [-0.05, 0) is 26.8 Å². The third kappa shape index (κ3) is 3.41. The average Bonchev–Trinajstić information content (AvgIpc) is 2.07. The Morgan fingerprint density at radius 1 is 1.20 bits per heavy atom. The van der Waals surface area contributed by atoms with Crippen LogP contribution in [0.1, 0.15) is 20.8 Å². The summed E-state index contributed by atoms with van der Waals surface area (Å²) >= 11 is 11.8. The van der Waals surface area contributed by atoms with Crippen LogP contribution in [0.5, 0.6) is 0 Å². The summed E-state index contributed by atoms with van der Waals surface area (Å²) in [4.78, 5) is 4.16. The molecule has 0 aromatic carbocycles. The quantitative estimate of drug-likeness (QED) is 0.557. The van der Waals surface area contributed by atoms with Crippen LogP contribution in [-0.2, 0) is 0 Å². The van der Waals surface area contributed by atoms with E-state index in [-0.39, 0.29) is 5.54 Å². The molecule has 84 valence electrons. The minimum Gasteiger partial charge on any atom is -0.364 e. The van der Waals surface area contributed by atoms with Gasteiger partial charge in [-0.25, -0.2) is 10.8 Å². The fourth-order valence-corrected chi connectivity index (χ4v) is 1.47. The third-order valence-corrected chi connectivity index (χ3v) is 2.14. The van der Waals surface area contributed by atoms with E-state index in [1.54, 1.807) is 6.07 Å². The van der Waals surface area contributed by atoms with E-state index in [0.717, 1.165) is 0 Å². The molecular weight excluding hydrogens is 235 g/mol. The highest BCUT2D eigenvalue weighted by Crippen LogP contribution is 2.30. The number of nitrogens with one attached hydrogen (secondary N) is 2. The Labute approximate surface area is 99.1 Å². The van der Waals surface area contributed by atoms with E-state index in [4.69, 9.17) is 29.0 Å². The number of halogens is 2. The van der Waals surface area contributed by atoms with Gasteiger partial charge < -0.3 is 10.7 Å². The molecule has 0 saturated heterocycles. The zero-order valence-corrected chi connectivity index (χ0v) is 10.4. The number of rotatable bonds is 2. The predicted octanol–water partition coefficient (Wildman–Crippen LogP) is 2.88. The van der Waals surface area contributed by atoms with Crippen molar-refractivity contribution in [3.05, 3.63) is 16.1 Å². The van der Waals surface area contributed by atoms with Gasteiger partial charge in [-0.1, -0.05) is 23.2 Å². The van der Waals surface area contributed by atoms with E-state index in [1.807, 2.05) is 20.8 Å². The first-order valence-corrected chi connectivity index (χ1v) is 5.20. The first kappa shape index (κ1) is 12.4. The van der Waals surface area contributed by atoms with Crippen molar-refractivity contribution in [1.82, 2.24) is 4.98 Å². The highest BCUT2D eigenvalue weighted by Gasteiger charge is 2.14. The molecule has 15 heavy (non-hydrogen) atoms. The van der Waals surface area contributed by atoms with Gasteiger partial charge in [-0.3, -0.25) is 0 Å². The summed E-state index contributed by atoms with van der Waals surface area (Å²) in [5, 5.41) is 4.01. The van der Waals surface area contributed by atoms with Crippen LogP contribution >= 0.6 is 23.2 Å². The van der Waals surface area contributed by atoms with Crippen molar-refractivity contribution < 1.29 is 0 Å². The molecular formula is C9H14Cl2N4. The Morgan fingerprint density at radius 2 is 1.73 bits per heavy atom. The van der Waals surface area contributed by atoms with Gasteiger partial charge >= 0.3 is 0 Å². The van der Waals surface area contributed by atoms with Crippen LogP contribution in [0.15, 0.2) is 6.07 Å². The Hall–Kier alpha value is -0.710. The summed E-state index contributed by atoms with van der Waals surface area (Å²) in [6, 6.07) is 1.60. The smallest absolute Gasteiger partial charge is 0.161 e. The van der Waals surface area contributed by atoms with Crippen LogP contribution in [0, 0.1) is 0 Å².